The molecule has 20 heavy (non-hydrogen) atoms. The van der Waals surface area contributed by atoms with Gasteiger partial charge in [0.15, 0.2) is 0 Å². The number of nitrogens with one attached hydrogen (secondary N) is 1. The van der Waals surface area contributed by atoms with E-state index in [1.54, 1.807) is 13.2 Å². The summed E-state index contributed by atoms with van der Waals surface area (Å²) in [7, 11) is 1.65. The fourth-order valence-electron chi connectivity index (χ4n) is 1.86. The van der Waals surface area contributed by atoms with Crippen LogP contribution < -0.4 is 5.32 Å². The highest BCUT2D eigenvalue weighted by molar-refractivity contribution is 5.78. The van der Waals surface area contributed by atoms with Crippen molar-refractivity contribution in [2.75, 3.05) is 39.9 Å². The summed E-state index contributed by atoms with van der Waals surface area (Å²) >= 11 is 0. The second-order valence-corrected chi connectivity index (χ2v) is 4.53. The third-order valence-electron chi connectivity index (χ3n) is 2.97. The minimum Gasteiger partial charge on any atom is -0.383 e. The van der Waals surface area contributed by atoms with Gasteiger partial charge in [-0.25, -0.2) is 0 Å². The van der Waals surface area contributed by atoms with Crippen molar-refractivity contribution >= 4 is 5.91 Å². The SMILES string of the molecule is C=CCN(CCc1ccccc1)C(=O)CNCCOC. The maximum Gasteiger partial charge on any atom is 0.236 e. The van der Waals surface area contributed by atoms with E-state index in [1.165, 1.54) is 5.56 Å². The van der Waals surface area contributed by atoms with E-state index in [9.17, 15) is 4.79 Å². The number of methoxy groups -OCH3 is 1. The largest absolute Gasteiger partial charge is 0.383 e. The molecule has 0 saturated carbocycles. The Labute approximate surface area is 121 Å². The number of carbonyl (C=O) groups is 1. The smallest absolute Gasteiger partial charge is 0.236 e. The molecule has 0 aliphatic rings. The highest BCUT2D eigenvalue weighted by Crippen LogP contribution is 2.02. The van der Waals surface area contributed by atoms with E-state index >= 15 is 0 Å². The minimum atomic E-state index is 0.0944. The fraction of sp³-hybridized carbons (Fsp3) is 0.438. The minimum absolute atomic E-state index is 0.0944. The number of amides is 1. The number of benzene rings is 1. The Morgan fingerprint density at radius 2 is 2.15 bits per heavy atom. The van der Waals surface area contributed by atoms with Gasteiger partial charge in [0.1, 0.15) is 0 Å². The lowest BCUT2D eigenvalue weighted by atomic mass is 10.1. The lowest BCUT2D eigenvalue weighted by Gasteiger charge is -2.21. The van der Waals surface area contributed by atoms with E-state index in [1.807, 2.05) is 23.1 Å². The summed E-state index contributed by atoms with van der Waals surface area (Å²) < 4.78 is 4.93. The number of nitrogens with zero attached hydrogens (tertiary/aromatic N) is 1. The van der Waals surface area contributed by atoms with Gasteiger partial charge in [-0.3, -0.25) is 4.79 Å². The fourth-order valence-corrected chi connectivity index (χ4v) is 1.86. The first-order valence-corrected chi connectivity index (χ1v) is 6.90. The quantitative estimate of drug-likeness (QED) is 0.520. The van der Waals surface area contributed by atoms with Crippen LogP contribution in [0.15, 0.2) is 43.0 Å². The first-order chi connectivity index (χ1) is 9.77. The lowest BCUT2D eigenvalue weighted by Crippen LogP contribution is -2.40. The first kappa shape index (κ1) is 16.4. The predicted octanol–water partition coefficient (Wildman–Crippen LogP) is 1.48. The maximum absolute atomic E-state index is 12.1. The van der Waals surface area contributed by atoms with E-state index in [4.69, 9.17) is 4.74 Å². The van der Waals surface area contributed by atoms with Crippen molar-refractivity contribution in [3.05, 3.63) is 48.6 Å². The van der Waals surface area contributed by atoms with Crippen LogP contribution in [-0.2, 0) is 16.0 Å². The Kier molecular flexibility index (Phi) is 8.35. The molecule has 0 heterocycles. The van der Waals surface area contributed by atoms with Crippen molar-refractivity contribution < 1.29 is 9.53 Å². The summed E-state index contributed by atoms with van der Waals surface area (Å²) in [6.07, 6.45) is 2.62. The molecule has 1 N–H and O–H groups in total. The van der Waals surface area contributed by atoms with Gasteiger partial charge < -0.3 is 15.0 Å². The Bertz CT molecular complexity index is 393. The molecular formula is C16H24N2O2. The standard InChI is InChI=1S/C16H24N2O2/c1-3-11-18(16(19)14-17-10-13-20-2)12-9-15-7-5-4-6-8-15/h3-8,17H,1,9-14H2,2H3. The number of hydrogen-bond donors (Lipinski definition) is 1. The van der Waals surface area contributed by atoms with Gasteiger partial charge >= 0.3 is 0 Å². The summed E-state index contributed by atoms with van der Waals surface area (Å²) in [5.41, 5.74) is 1.24. The van der Waals surface area contributed by atoms with Gasteiger partial charge in [-0.1, -0.05) is 36.4 Å². The van der Waals surface area contributed by atoms with Crippen molar-refractivity contribution in [1.29, 1.82) is 0 Å². The summed E-state index contributed by atoms with van der Waals surface area (Å²) in [6, 6.07) is 10.2. The number of ether oxygens (including phenoxy) is 1. The Morgan fingerprint density at radius 1 is 1.40 bits per heavy atom. The molecule has 1 aromatic carbocycles. The van der Waals surface area contributed by atoms with Crippen molar-refractivity contribution in [1.82, 2.24) is 10.2 Å². The van der Waals surface area contributed by atoms with Gasteiger partial charge in [0.2, 0.25) is 5.91 Å². The highest BCUT2D eigenvalue weighted by atomic mass is 16.5. The Hall–Kier alpha value is -1.65. The zero-order chi connectivity index (χ0) is 14.6. The van der Waals surface area contributed by atoms with E-state index in [2.05, 4.69) is 24.0 Å². The van der Waals surface area contributed by atoms with Gasteiger partial charge in [-0.15, -0.1) is 6.58 Å². The molecule has 0 aliphatic heterocycles. The average molecular weight is 276 g/mol. The molecule has 0 atom stereocenters. The maximum atomic E-state index is 12.1. The topological polar surface area (TPSA) is 41.6 Å². The molecule has 0 fully saturated rings. The van der Waals surface area contributed by atoms with Crippen LogP contribution in [0.2, 0.25) is 0 Å². The Balaban J connectivity index is 2.38. The molecule has 0 aliphatic carbocycles. The molecule has 0 bridgehead atoms. The second-order valence-electron chi connectivity index (χ2n) is 4.53. The molecular weight excluding hydrogens is 252 g/mol. The molecule has 1 rings (SSSR count). The van der Waals surface area contributed by atoms with Gasteiger partial charge in [-0.2, -0.15) is 0 Å². The summed E-state index contributed by atoms with van der Waals surface area (Å²) in [4.78, 5) is 13.9. The molecule has 0 unspecified atom stereocenters. The van der Waals surface area contributed by atoms with E-state index in [0.29, 0.717) is 32.8 Å². The van der Waals surface area contributed by atoms with Gasteiger partial charge in [0.25, 0.3) is 0 Å². The molecule has 0 spiro atoms. The van der Waals surface area contributed by atoms with Crippen LogP contribution in [0.4, 0.5) is 0 Å². The van der Waals surface area contributed by atoms with Crippen LogP contribution in [-0.4, -0.2) is 50.7 Å². The van der Waals surface area contributed by atoms with Crippen molar-refractivity contribution in [2.45, 2.75) is 6.42 Å². The molecule has 110 valence electrons. The summed E-state index contributed by atoms with van der Waals surface area (Å²) in [5, 5.41) is 3.07. The zero-order valence-electron chi connectivity index (χ0n) is 12.2. The summed E-state index contributed by atoms with van der Waals surface area (Å²) in [6.45, 7) is 6.64. The normalized spacial score (nSPS) is 10.2. The van der Waals surface area contributed by atoms with Crippen molar-refractivity contribution in [3.8, 4) is 0 Å². The molecule has 4 nitrogen and oxygen atoms in total. The predicted molar refractivity (Wildman–Crippen MR) is 81.7 cm³/mol. The summed E-state index contributed by atoms with van der Waals surface area (Å²) in [5.74, 6) is 0.0944. The average Bonchev–Trinajstić information content (AvgIpc) is 2.49. The number of carbonyl (C=O) groups excluding carboxylic acids is 1. The van der Waals surface area contributed by atoms with Gasteiger partial charge in [0.05, 0.1) is 13.2 Å². The lowest BCUT2D eigenvalue weighted by molar-refractivity contribution is -0.129. The van der Waals surface area contributed by atoms with Crippen molar-refractivity contribution in [3.63, 3.8) is 0 Å². The van der Waals surface area contributed by atoms with Crippen molar-refractivity contribution in [2.24, 2.45) is 0 Å². The molecule has 1 aromatic rings. The van der Waals surface area contributed by atoms with E-state index in [0.717, 1.165) is 6.42 Å². The van der Waals surface area contributed by atoms with E-state index < -0.39 is 0 Å². The van der Waals surface area contributed by atoms with Gasteiger partial charge in [-0.05, 0) is 12.0 Å². The molecule has 0 aromatic heterocycles. The molecule has 0 radical (unpaired) electrons. The van der Waals surface area contributed by atoms with Crippen LogP contribution in [0.1, 0.15) is 5.56 Å². The van der Waals surface area contributed by atoms with Crippen LogP contribution in [0.5, 0.6) is 0 Å². The zero-order valence-corrected chi connectivity index (χ0v) is 12.2. The van der Waals surface area contributed by atoms with E-state index in [-0.39, 0.29) is 5.91 Å². The second kappa shape index (κ2) is 10.2. The van der Waals surface area contributed by atoms with Crippen LogP contribution in [0.25, 0.3) is 0 Å². The highest BCUT2D eigenvalue weighted by Gasteiger charge is 2.11. The molecule has 4 heteroatoms. The Morgan fingerprint density at radius 3 is 2.80 bits per heavy atom. The molecule has 1 amide bonds. The number of rotatable bonds is 10. The van der Waals surface area contributed by atoms with Crippen LogP contribution >= 0.6 is 0 Å². The van der Waals surface area contributed by atoms with Crippen LogP contribution in [0, 0.1) is 0 Å². The van der Waals surface area contributed by atoms with Gasteiger partial charge in [0, 0.05) is 26.7 Å². The molecule has 0 saturated heterocycles. The van der Waals surface area contributed by atoms with Crippen LogP contribution in [0.3, 0.4) is 0 Å². The monoisotopic (exact) mass is 276 g/mol. The third-order valence-corrected chi connectivity index (χ3v) is 2.97. The first-order valence-electron chi connectivity index (χ1n) is 6.90. The number of hydrogen-bond acceptors (Lipinski definition) is 3. The third kappa shape index (κ3) is 6.50.